The van der Waals surface area contributed by atoms with Crippen LogP contribution in [0.1, 0.15) is 41.8 Å². The molecule has 1 saturated heterocycles. The molecule has 0 bridgehead atoms. The molecular formula is C26H27ClN6O2. The molecule has 8 nitrogen and oxygen atoms in total. The number of anilines is 1. The summed E-state index contributed by atoms with van der Waals surface area (Å²) in [4.78, 5) is 26.8. The van der Waals surface area contributed by atoms with Crippen LogP contribution in [-0.4, -0.2) is 56.7 Å². The fourth-order valence-electron chi connectivity index (χ4n) is 4.19. The Morgan fingerprint density at radius 1 is 1.03 bits per heavy atom. The first kappa shape index (κ1) is 23.1. The van der Waals surface area contributed by atoms with E-state index in [1.54, 1.807) is 23.1 Å². The second-order valence-corrected chi connectivity index (χ2v) is 9.38. The number of benzene rings is 1. The summed E-state index contributed by atoms with van der Waals surface area (Å²) in [6.45, 7) is 8.73. The molecule has 9 heteroatoms. The van der Waals surface area contributed by atoms with Crippen molar-refractivity contribution in [3.8, 4) is 17.1 Å². The van der Waals surface area contributed by atoms with Crippen LogP contribution in [0, 0.1) is 6.92 Å². The molecule has 1 aromatic carbocycles. The van der Waals surface area contributed by atoms with Crippen molar-refractivity contribution >= 4 is 23.3 Å². The minimum Gasteiger partial charge on any atom is -0.463 e. The molecule has 5 rings (SSSR count). The van der Waals surface area contributed by atoms with E-state index in [9.17, 15) is 4.79 Å². The van der Waals surface area contributed by atoms with Crippen LogP contribution in [0.3, 0.4) is 0 Å². The molecule has 180 valence electrons. The fourth-order valence-corrected chi connectivity index (χ4v) is 4.37. The van der Waals surface area contributed by atoms with Crippen LogP contribution in [-0.2, 0) is 0 Å². The first-order chi connectivity index (χ1) is 16.9. The van der Waals surface area contributed by atoms with E-state index < -0.39 is 0 Å². The van der Waals surface area contributed by atoms with Gasteiger partial charge in [0.15, 0.2) is 11.5 Å². The number of carbonyl (C=O) groups is 1. The number of amides is 1. The van der Waals surface area contributed by atoms with E-state index in [1.807, 2.05) is 48.2 Å². The summed E-state index contributed by atoms with van der Waals surface area (Å²) in [5, 5.41) is 5.24. The Balaban J connectivity index is 1.37. The fraction of sp³-hybridized carbons (Fsp3) is 0.308. The van der Waals surface area contributed by atoms with Gasteiger partial charge in [0, 0.05) is 54.9 Å². The molecule has 1 aliphatic rings. The van der Waals surface area contributed by atoms with Gasteiger partial charge in [0.05, 0.1) is 12.0 Å². The molecule has 4 heterocycles. The molecule has 0 unspecified atom stereocenters. The third kappa shape index (κ3) is 4.79. The van der Waals surface area contributed by atoms with Crippen molar-refractivity contribution in [2.75, 3.05) is 31.1 Å². The van der Waals surface area contributed by atoms with E-state index >= 15 is 0 Å². The molecule has 0 N–H and O–H groups in total. The smallest absolute Gasteiger partial charge is 0.274 e. The van der Waals surface area contributed by atoms with Gasteiger partial charge >= 0.3 is 0 Å². The number of halogens is 1. The number of furan rings is 1. The number of hydrogen-bond acceptors (Lipinski definition) is 6. The summed E-state index contributed by atoms with van der Waals surface area (Å²) < 4.78 is 7.31. The number of nitrogens with zero attached hydrogens (tertiary/aromatic N) is 6. The predicted molar refractivity (Wildman–Crippen MR) is 135 cm³/mol. The third-order valence-electron chi connectivity index (χ3n) is 6.02. The lowest BCUT2D eigenvalue weighted by Gasteiger charge is -2.35. The van der Waals surface area contributed by atoms with Gasteiger partial charge in [-0.25, -0.2) is 14.6 Å². The number of rotatable bonds is 5. The molecule has 1 amide bonds. The Kier molecular flexibility index (Phi) is 6.30. The van der Waals surface area contributed by atoms with Gasteiger partial charge in [0.25, 0.3) is 5.91 Å². The average molecular weight is 491 g/mol. The van der Waals surface area contributed by atoms with E-state index in [4.69, 9.17) is 21.0 Å². The van der Waals surface area contributed by atoms with E-state index in [-0.39, 0.29) is 11.8 Å². The van der Waals surface area contributed by atoms with Gasteiger partial charge in [-0.2, -0.15) is 5.10 Å². The van der Waals surface area contributed by atoms with Gasteiger partial charge in [0.2, 0.25) is 0 Å². The Morgan fingerprint density at radius 3 is 2.51 bits per heavy atom. The Bertz CT molecular complexity index is 1340. The van der Waals surface area contributed by atoms with Crippen molar-refractivity contribution in [2.24, 2.45) is 0 Å². The predicted octanol–water partition coefficient (Wildman–Crippen LogP) is 4.97. The van der Waals surface area contributed by atoms with E-state index in [2.05, 4.69) is 28.8 Å². The van der Waals surface area contributed by atoms with E-state index in [1.165, 1.54) is 0 Å². The zero-order chi connectivity index (χ0) is 24.5. The van der Waals surface area contributed by atoms with Crippen LogP contribution in [0.5, 0.6) is 0 Å². The van der Waals surface area contributed by atoms with Crippen LogP contribution in [0.15, 0.2) is 59.2 Å². The second kappa shape index (κ2) is 9.54. The van der Waals surface area contributed by atoms with Gasteiger partial charge in [0.1, 0.15) is 17.3 Å². The van der Waals surface area contributed by atoms with Crippen molar-refractivity contribution in [1.82, 2.24) is 24.6 Å². The molecular weight excluding hydrogens is 464 g/mol. The maximum atomic E-state index is 13.4. The molecule has 1 aliphatic heterocycles. The van der Waals surface area contributed by atoms with Gasteiger partial charge < -0.3 is 14.2 Å². The van der Waals surface area contributed by atoms with Crippen LogP contribution < -0.4 is 4.90 Å². The highest BCUT2D eigenvalue weighted by Crippen LogP contribution is 2.27. The third-order valence-corrected chi connectivity index (χ3v) is 6.26. The highest BCUT2D eigenvalue weighted by Gasteiger charge is 2.27. The van der Waals surface area contributed by atoms with Crippen molar-refractivity contribution in [1.29, 1.82) is 0 Å². The lowest BCUT2D eigenvalue weighted by Crippen LogP contribution is -2.49. The summed E-state index contributed by atoms with van der Waals surface area (Å²) in [5.74, 6) is 2.53. The molecule has 35 heavy (non-hydrogen) atoms. The lowest BCUT2D eigenvalue weighted by atomic mass is 10.2. The van der Waals surface area contributed by atoms with Gasteiger partial charge in [-0.1, -0.05) is 31.5 Å². The van der Waals surface area contributed by atoms with Crippen LogP contribution in [0.2, 0.25) is 5.02 Å². The molecule has 0 atom stereocenters. The average Bonchev–Trinajstić information content (AvgIpc) is 3.53. The molecule has 1 fully saturated rings. The maximum Gasteiger partial charge on any atom is 0.274 e. The van der Waals surface area contributed by atoms with E-state index in [0.29, 0.717) is 48.3 Å². The monoisotopic (exact) mass is 490 g/mol. The SMILES string of the molecule is Cc1cc(N2CCN(C(=O)c3cc(-c4ccco4)n(-c4cccc(Cl)c4)n3)CC2)nc(C(C)C)n1. The lowest BCUT2D eigenvalue weighted by molar-refractivity contribution is 0.0740. The number of carbonyl (C=O) groups excluding carboxylic acids is 1. The van der Waals surface area contributed by atoms with Crippen molar-refractivity contribution < 1.29 is 9.21 Å². The van der Waals surface area contributed by atoms with Crippen LogP contribution in [0.4, 0.5) is 5.82 Å². The van der Waals surface area contributed by atoms with Gasteiger partial charge in [-0.15, -0.1) is 0 Å². The van der Waals surface area contributed by atoms with Crippen molar-refractivity contribution in [3.63, 3.8) is 0 Å². The summed E-state index contributed by atoms with van der Waals surface area (Å²) in [5.41, 5.74) is 2.77. The van der Waals surface area contributed by atoms with Gasteiger partial charge in [-0.3, -0.25) is 4.79 Å². The highest BCUT2D eigenvalue weighted by atomic mass is 35.5. The van der Waals surface area contributed by atoms with Crippen molar-refractivity contribution in [2.45, 2.75) is 26.7 Å². The Morgan fingerprint density at radius 2 is 1.83 bits per heavy atom. The van der Waals surface area contributed by atoms with Crippen LogP contribution in [0.25, 0.3) is 17.1 Å². The minimum atomic E-state index is -0.111. The first-order valence-corrected chi connectivity index (χ1v) is 12.1. The van der Waals surface area contributed by atoms with Crippen molar-refractivity contribution in [3.05, 3.63) is 77.0 Å². The molecule has 3 aromatic heterocycles. The van der Waals surface area contributed by atoms with Gasteiger partial charge in [-0.05, 0) is 37.3 Å². The zero-order valence-corrected chi connectivity index (χ0v) is 20.7. The quantitative estimate of drug-likeness (QED) is 0.393. The Labute approximate surface area is 209 Å². The summed E-state index contributed by atoms with van der Waals surface area (Å²) >= 11 is 6.21. The number of hydrogen-bond donors (Lipinski definition) is 0. The molecule has 0 saturated carbocycles. The normalized spacial score (nSPS) is 14.1. The summed E-state index contributed by atoms with van der Waals surface area (Å²) in [6, 6.07) is 14.8. The standard InChI is InChI=1S/C26H27ClN6O2/c1-17(2)25-28-18(3)14-24(29-25)31-9-11-32(12-10-31)26(34)21-16-22(23-8-5-13-35-23)33(30-21)20-7-4-6-19(27)15-20/h4-8,13-17H,9-12H2,1-3H3. The largest absolute Gasteiger partial charge is 0.463 e. The number of aryl methyl sites for hydroxylation is 1. The zero-order valence-electron chi connectivity index (χ0n) is 20.0. The molecule has 0 spiro atoms. The van der Waals surface area contributed by atoms with E-state index in [0.717, 1.165) is 23.0 Å². The Hall–Kier alpha value is -3.65. The highest BCUT2D eigenvalue weighted by molar-refractivity contribution is 6.30. The first-order valence-electron chi connectivity index (χ1n) is 11.7. The summed E-state index contributed by atoms with van der Waals surface area (Å²) in [6.07, 6.45) is 1.60. The maximum absolute atomic E-state index is 13.4. The molecule has 4 aromatic rings. The topological polar surface area (TPSA) is 80.3 Å². The molecule has 0 aliphatic carbocycles. The second-order valence-electron chi connectivity index (χ2n) is 8.94. The molecule has 0 radical (unpaired) electrons. The minimum absolute atomic E-state index is 0.111. The number of aromatic nitrogens is 4. The number of piperazine rings is 1. The van der Waals surface area contributed by atoms with Crippen LogP contribution >= 0.6 is 11.6 Å². The summed E-state index contributed by atoms with van der Waals surface area (Å²) in [7, 11) is 0.